The van der Waals surface area contributed by atoms with E-state index in [1.165, 1.54) is 5.69 Å². The molecular weight excluding hydrogens is 312 g/mol. The number of anilines is 1. The van der Waals surface area contributed by atoms with Gasteiger partial charge < -0.3 is 15.5 Å². The second kappa shape index (κ2) is 9.75. The molecule has 0 atom stereocenters. The van der Waals surface area contributed by atoms with E-state index in [0.717, 1.165) is 57.3 Å². The van der Waals surface area contributed by atoms with Crippen LogP contribution < -0.4 is 15.5 Å². The lowest BCUT2D eigenvalue weighted by Gasteiger charge is -2.36. The molecule has 1 aliphatic rings. The molecule has 6 heteroatoms. The Balaban J connectivity index is 1.62. The molecule has 2 rings (SSSR count). The number of nitrogens with one attached hydrogen (secondary N) is 2. The van der Waals surface area contributed by atoms with Crippen molar-refractivity contribution in [2.75, 3.05) is 57.8 Å². The van der Waals surface area contributed by atoms with Crippen molar-refractivity contribution in [3.8, 4) is 0 Å². The molecule has 0 radical (unpaired) electrons. The highest BCUT2D eigenvalue weighted by molar-refractivity contribution is 6.30. The van der Waals surface area contributed by atoms with Gasteiger partial charge in [0.05, 0.1) is 0 Å². The third-order valence-electron chi connectivity index (χ3n) is 4.13. The van der Waals surface area contributed by atoms with Crippen molar-refractivity contribution >= 4 is 23.2 Å². The van der Waals surface area contributed by atoms with Crippen LogP contribution in [0.25, 0.3) is 0 Å². The number of hydrogen-bond acceptors (Lipinski definition) is 4. The lowest BCUT2D eigenvalue weighted by molar-refractivity contribution is -0.121. The summed E-state index contributed by atoms with van der Waals surface area (Å²) in [6.45, 7) is 6.56. The summed E-state index contributed by atoms with van der Waals surface area (Å²) in [6.07, 6.45) is 1.49. The lowest BCUT2D eigenvalue weighted by atomic mass is 10.2. The third-order valence-corrected chi connectivity index (χ3v) is 4.36. The predicted molar refractivity (Wildman–Crippen MR) is 96.3 cm³/mol. The Bertz CT molecular complexity index is 489. The normalized spacial score (nSPS) is 15.7. The fourth-order valence-corrected chi connectivity index (χ4v) is 2.95. The van der Waals surface area contributed by atoms with Crippen LogP contribution in [-0.2, 0) is 4.79 Å². The van der Waals surface area contributed by atoms with E-state index in [0.29, 0.717) is 6.42 Å². The fourth-order valence-electron chi connectivity index (χ4n) is 2.77. The maximum Gasteiger partial charge on any atom is 0.220 e. The van der Waals surface area contributed by atoms with Gasteiger partial charge in [-0.3, -0.25) is 9.69 Å². The topological polar surface area (TPSA) is 47.6 Å². The summed E-state index contributed by atoms with van der Waals surface area (Å²) in [5.74, 6) is 0.151. The van der Waals surface area contributed by atoms with E-state index >= 15 is 0 Å². The average molecular weight is 339 g/mol. The molecule has 1 saturated heterocycles. The van der Waals surface area contributed by atoms with E-state index in [-0.39, 0.29) is 5.91 Å². The molecule has 0 aliphatic carbocycles. The van der Waals surface area contributed by atoms with Crippen LogP contribution in [0, 0.1) is 0 Å². The van der Waals surface area contributed by atoms with E-state index < -0.39 is 0 Å². The zero-order chi connectivity index (χ0) is 16.5. The lowest BCUT2D eigenvalue weighted by Crippen LogP contribution is -2.48. The van der Waals surface area contributed by atoms with Gasteiger partial charge in [-0.2, -0.15) is 0 Å². The number of carbonyl (C=O) groups is 1. The smallest absolute Gasteiger partial charge is 0.220 e. The van der Waals surface area contributed by atoms with Crippen LogP contribution in [-0.4, -0.2) is 63.7 Å². The van der Waals surface area contributed by atoms with E-state index in [2.05, 4.69) is 26.5 Å². The zero-order valence-electron chi connectivity index (χ0n) is 13.9. The maximum atomic E-state index is 11.7. The highest BCUT2D eigenvalue weighted by Crippen LogP contribution is 2.20. The number of nitrogens with zero attached hydrogens (tertiary/aromatic N) is 2. The summed E-state index contributed by atoms with van der Waals surface area (Å²) < 4.78 is 0. The van der Waals surface area contributed by atoms with Gasteiger partial charge in [-0.1, -0.05) is 17.7 Å². The highest BCUT2D eigenvalue weighted by Gasteiger charge is 2.17. The number of rotatable bonds is 8. The fraction of sp³-hybridized carbons (Fsp3) is 0.588. The van der Waals surface area contributed by atoms with Crippen molar-refractivity contribution in [1.82, 2.24) is 15.5 Å². The third kappa shape index (κ3) is 6.37. The number of benzene rings is 1. The summed E-state index contributed by atoms with van der Waals surface area (Å²) >= 11 is 6.06. The largest absolute Gasteiger partial charge is 0.369 e. The molecule has 23 heavy (non-hydrogen) atoms. The molecule has 0 bridgehead atoms. The number of halogens is 1. The van der Waals surface area contributed by atoms with Crippen LogP contribution in [0.5, 0.6) is 0 Å². The molecule has 1 aromatic carbocycles. The van der Waals surface area contributed by atoms with Crippen molar-refractivity contribution in [2.24, 2.45) is 0 Å². The van der Waals surface area contributed by atoms with E-state index in [1.54, 1.807) is 0 Å². The van der Waals surface area contributed by atoms with Gasteiger partial charge in [-0.15, -0.1) is 0 Å². The minimum absolute atomic E-state index is 0.151. The molecule has 0 unspecified atom stereocenters. The zero-order valence-corrected chi connectivity index (χ0v) is 14.6. The second-order valence-corrected chi connectivity index (χ2v) is 6.30. The van der Waals surface area contributed by atoms with Gasteiger partial charge in [-0.05, 0) is 38.2 Å². The van der Waals surface area contributed by atoms with Gasteiger partial charge in [0.15, 0.2) is 0 Å². The van der Waals surface area contributed by atoms with E-state index in [1.807, 2.05) is 25.2 Å². The number of hydrogen-bond donors (Lipinski definition) is 2. The molecule has 1 fully saturated rings. The van der Waals surface area contributed by atoms with Crippen LogP contribution in [0.1, 0.15) is 12.8 Å². The first-order valence-electron chi connectivity index (χ1n) is 8.33. The van der Waals surface area contributed by atoms with Crippen LogP contribution >= 0.6 is 11.6 Å². The summed E-state index contributed by atoms with van der Waals surface area (Å²) in [5.41, 5.74) is 1.19. The van der Waals surface area contributed by atoms with E-state index in [4.69, 9.17) is 11.6 Å². The molecule has 1 heterocycles. The van der Waals surface area contributed by atoms with Crippen LogP contribution in [0.3, 0.4) is 0 Å². The van der Waals surface area contributed by atoms with Crippen molar-refractivity contribution in [3.05, 3.63) is 29.3 Å². The molecule has 0 aromatic heterocycles. The molecule has 0 saturated carbocycles. The van der Waals surface area contributed by atoms with Crippen molar-refractivity contribution in [3.63, 3.8) is 0 Å². The van der Waals surface area contributed by atoms with Crippen molar-refractivity contribution in [1.29, 1.82) is 0 Å². The quantitative estimate of drug-likeness (QED) is 0.707. The molecule has 1 amide bonds. The first kappa shape index (κ1) is 18.0. The van der Waals surface area contributed by atoms with Crippen LogP contribution in [0.2, 0.25) is 5.02 Å². The maximum absolute atomic E-state index is 11.7. The molecule has 1 aromatic rings. The van der Waals surface area contributed by atoms with Crippen LogP contribution in [0.15, 0.2) is 24.3 Å². The SMILES string of the molecule is CNCCCC(=O)NCCN1CCN(c2cccc(Cl)c2)CC1. The number of piperazine rings is 1. The summed E-state index contributed by atoms with van der Waals surface area (Å²) in [4.78, 5) is 16.4. The second-order valence-electron chi connectivity index (χ2n) is 5.87. The Morgan fingerprint density at radius 2 is 2.00 bits per heavy atom. The summed E-state index contributed by atoms with van der Waals surface area (Å²) in [5, 5.41) is 6.83. The average Bonchev–Trinajstić information content (AvgIpc) is 2.56. The minimum Gasteiger partial charge on any atom is -0.369 e. The standard InChI is InChI=1S/C17H27ClN4O/c1-19-7-3-6-17(23)20-8-9-21-10-12-22(13-11-21)16-5-2-4-15(18)14-16/h2,4-5,14,19H,3,6-13H2,1H3,(H,20,23). The monoisotopic (exact) mass is 338 g/mol. The first-order valence-corrected chi connectivity index (χ1v) is 8.71. The molecule has 2 N–H and O–H groups in total. The predicted octanol–water partition coefficient (Wildman–Crippen LogP) is 1.58. The van der Waals surface area contributed by atoms with E-state index in [9.17, 15) is 4.79 Å². The molecule has 1 aliphatic heterocycles. The minimum atomic E-state index is 0.151. The van der Waals surface area contributed by atoms with Gasteiger partial charge >= 0.3 is 0 Å². The van der Waals surface area contributed by atoms with Crippen molar-refractivity contribution < 1.29 is 4.79 Å². The molecule has 128 valence electrons. The Labute approximate surface area is 144 Å². The van der Waals surface area contributed by atoms with Gasteiger partial charge in [-0.25, -0.2) is 0 Å². The number of carbonyl (C=O) groups excluding carboxylic acids is 1. The Hall–Kier alpha value is -1.30. The van der Waals surface area contributed by atoms with Crippen molar-refractivity contribution in [2.45, 2.75) is 12.8 Å². The Morgan fingerprint density at radius 1 is 1.22 bits per heavy atom. The summed E-state index contributed by atoms with van der Waals surface area (Å²) in [7, 11) is 1.90. The number of amides is 1. The summed E-state index contributed by atoms with van der Waals surface area (Å²) in [6, 6.07) is 8.02. The Morgan fingerprint density at radius 3 is 2.70 bits per heavy atom. The Kier molecular flexibility index (Phi) is 7.65. The van der Waals surface area contributed by atoms with Gasteiger partial charge in [0.1, 0.15) is 0 Å². The highest BCUT2D eigenvalue weighted by atomic mass is 35.5. The van der Waals surface area contributed by atoms with Crippen LogP contribution in [0.4, 0.5) is 5.69 Å². The van der Waals surface area contributed by atoms with Gasteiger partial charge in [0, 0.05) is 56.4 Å². The first-order chi connectivity index (χ1) is 11.2. The molecule has 5 nitrogen and oxygen atoms in total. The molecular formula is C17H27ClN4O. The van der Waals surface area contributed by atoms with Gasteiger partial charge in [0.25, 0.3) is 0 Å². The van der Waals surface area contributed by atoms with Gasteiger partial charge in [0.2, 0.25) is 5.91 Å². The molecule has 0 spiro atoms.